The largest absolute Gasteiger partial charge is 0.465 e. The number of esters is 1. The number of amides is 1. The van der Waals surface area contributed by atoms with Gasteiger partial charge < -0.3 is 9.64 Å². The van der Waals surface area contributed by atoms with E-state index in [1.54, 1.807) is 6.07 Å². The number of carbonyl (C=O) groups is 2. The third-order valence-corrected chi connectivity index (χ3v) is 4.61. The summed E-state index contributed by atoms with van der Waals surface area (Å²) in [5.41, 5.74) is 0.607. The Labute approximate surface area is 133 Å². The standard InChI is InChI=1S/C13H15ClN2O5S/c1-21-13(18)10-5-9(2-3-11(10)14)16-6-8(4-12(16)17)7-22(15,19)20/h2-3,5,8H,4,6-7H2,1H3,(H2,15,19,20). The van der Waals surface area contributed by atoms with Crippen molar-refractivity contribution >= 4 is 39.2 Å². The van der Waals surface area contributed by atoms with Crippen LogP contribution in [0.3, 0.4) is 0 Å². The molecule has 0 bridgehead atoms. The summed E-state index contributed by atoms with van der Waals surface area (Å²) in [6.45, 7) is 0.220. The van der Waals surface area contributed by atoms with Crippen molar-refractivity contribution in [3.8, 4) is 0 Å². The topological polar surface area (TPSA) is 107 Å². The molecule has 1 aliphatic heterocycles. The molecule has 120 valence electrons. The van der Waals surface area contributed by atoms with Gasteiger partial charge in [0.2, 0.25) is 15.9 Å². The summed E-state index contributed by atoms with van der Waals surface area (Å²) in [6.07, 6.45) is 0.0899. The van der Waals surface area contributed by atoms with E-state index in [1.165, 1.54) is 24.1 Å². The normalized spacial score (nSPS) is 18.6. The lowest BCUT2D eigenvalue weighted by molar-refractivity contribution is -0.117. The average molecular weight is 347 g/mol. The van der Waals surface area contributed by atoms with Gasteiger partial charge >= 0.3 is 5.97 Å². The number of anilines is 1. The Hall–Kier alpha value is -1.64. The molecule has 1 aromatic rings. The number of hydrogen-bond acceptors (Lipinski definition) is 5. The highest BCUT2D eigenvalue weighted by molar-refractivity contribution is 7.89. The maximum atomic E-state index is 12.0. The second-order valence-electron chi connectivity index (χ2n) is 5.06. The number of methoxy groups -OCH3 is 1. The predicted octanol–water partition coefficient (Wildman–Crippen LogP) is 0.768. The minimum Gasteiger partial charge on any atom is -0.465 e. The zero-order valence-corrected chi connectivity index (χ0v) is 13.4. The van der Waals surface area contributed by atoms with Crippen LogP contribution in [-0.2, 0) is 19.6 Å². The molecule has 1 fully saturated rings. The molecule has 9 heteroatoms. The number of benzene rings is 1. The summed E-state index contributed by atoms with van der Waals surface area (Å²) in [7, 11) is -2.41. The third-order valence-electron chi connectivity index (χ3n) is 3.34. The zero-order valence-electron chi connectivity index (χ0n) is 11.8. The molecule has 0 aromatic heterocycles. The van der Waals surface area contributed by atoms with Crippen molar-refractivity contribution in [2.45, 2.75) is 6.42 Å². The van der Waals surface area contributed by atoms with Gasteiger partial charge in [0.1, 0.15) is 0 Å². The lowest BCUT2D eigenvalue weighted by Crippen LogP contribution is -2.27. The molecular weight excluding hydrogens is 332 g/mol. The maximum absolute atomic E-state index is 12.0. The summed E-state index contributed by atoms with van der Waals surface area (Å²) in [5.74, 6) is -1.47. The van der Waals surface area contributed by atoms with Crippen LogP contribution in [0, 0.1) is 5.92 Å². The molecule has 1 aliphatic rings. The molecule has 1 saturated heterocycles. The van der Waals surface area contributed by atoms with Gasteiger partial charge in [-0.2, -0.15) is 0 Å². The molecule has 7 nitrogen and oxygen atoms in total. The summed E-state index contributed by atoms with van der Waals surface area (Å²) in [5, 5.41) is 5.22. The van der Waals surface area contributed by atoms with Crippen LogP contribution in [0.1, 0.15) is 16.8 Å². The lowest BCUT2D eigenvalue weighted by Gasteiger charge is -2.17. The van der Waals surface area contributed by atoms with Gasteiger partial charge in [-0.1, -0.05) is 11.6 Å². The van der Waals surface area contributed by atoms with Crippen LogP contribution in [0.15, 0.2) is 18.2 Å². The van der Waals surface area contributed by atoms with Crippen molar-refractivity contribution in [2.24, 2.45) is 11.1 Å². The Morgan fingerprint density at radius 1 is 1.50 bits per heavy atom. The van der Waals surface area contributed by atoms with E-state index in [0.717, 1.165) is 0 Å². The number of primary sulfonamides is 1. The van der Waals surface area contributed by atoms with Crippen LogP contribution in [0.25, 0.3) is 0 Å². The molecule has 0 radical (unpaired) electrons. The molecule has 1 heterocycles. The Morgan fingerprint density at radius 2 is 2.18 bits per heavy atom. The molecule has 0 aliphatic carbocycles. The van der Waals surface area contributed by atoms with Gasteiger partial charge in [0.05, 0.1) is 23.4 Å². The summed E-state index contributed by atoms with van der Waals surface area (Å²) in [6, 6.07) is 4.53. The second kappa shape index (κ2) is 6.23. The van der Waals surface area contributed by atoms with Gasteiger partial charge in [-0.15, -0.1) is 0 Å². The first kappa shape index (κ1) is 16.7. The zero-order chi connectivity index (χ0) is 16.5. The van der Waals surface area contributed by atoms with Crippen molar-refractivity contribution in [2.75, 3.05) is 24.3 Å². The van der Waals surface area contributed by atoms with E-state index in [0.29, 0.717) is 5.69 Å². The Morgan fingerprint density at radius 3 is 2.77 bits per heavy atom. The number of sulfonamides is 1. The van der Waals surface area contributed by atoms with Crippen LogP contribution >= 0.6 is 11.6 Å². The van der Waals surface area contributed by atoms with Crippen LogP contribution in [-0.4, -0.2) is 39.7 Å². The summed E-state index contributed by atoms with van der Waals surface area (Å²) in [4.78, 5) is 25.1. The van der Waals surface area contributed by atoms with Gasteiger partial charge in [0.25, 0.3) is 0 Å². The van der Waals surface area contributed by atoms with Crippen molar-refractivity contribution in [1.29, 1.82) is 0 Å². The molecule has 0 spiro atoms. The van der Waals surface area contributed by atoms with E-state index in [1.807, 2.05) is 0 Å². The molecule has 0 saturated carbocycles. The lowest BCUT2D eigenvalue weighted by atomic mass is 10.1. The summed E-state index contributed by atoms with van der Waals surface area (Å²) >= 11 is 5.93. The Bertz CT molecular complexity index is 719. The van der Waals surface area contributed by atoms with Crippen molar-refractivity contribution < 1.29 is 22.7 Å². The van der Waals surface area contributed by atoms with E-state index >= 15 is 0 Å². The van der Waals surface area contributed by atoms with Crippen LogP contribution in [0.4, 0.5) is 5.69 Å². The molecule has 2 N–H and O–H groups in total. The fraction of sp³-hybridized carbons (Fsp3) is 0.385. The van der Waals surface area contributed by atoms with Crippen LogP contribution < -0.4 is 10.0 Å². The number of hydrogen-bond donors (Lipinski definition) is 1. The average Bonchev–Trinajstić information content (AvgIpc) is 2.77. The quantitative estimate of drug-likeness (QED) is 0.810. The minimum absolute atomic E-state index is 0.0899. The monoisotopic (exact) mass is 346 g/mol. The van der Waals surface area contributed by atoms with E-state index in [2.05, 4.69) is 4.74 Å². The highest BCUT2D eigenvalue weighted by Crippen LogP contribution is 2.29. The highest BCUT2D eigenvalue weighted by atomic mass is 35.5. The second-order valence-corrected chi connectivity index (χ2v) is 7.13. The fourth-order valence-electron chi connectivity index (χ4n) is 2.42. The molecule has 22 heavy (non-hydrogen) atoms. The van der Waals surface area contributed by atoms with E-state index in [4.69, 9.17) is 16.7 Å². The number of nitrogens with zero attached hydrogens (tertiary/aromatic N) is 1. The highest BCUT2D eigenvalue weighted by Gasteiger charge is 2.33. The Kier molecular flexibility index (Phi) is 4.74. The van der Waals surface area contributed by atoms with Crippen LogP contribution in [0.5, 0.6) is 0 Å². The number of carbonyl (C=O) groups excluding carboxylic acids is 2. The van der Waals surface area contributed by atoms with E-state index in [9.17, 15) is 18.0 Å². The third kappa shape index (κ3) is 3.76. The minimum atomic E-state index is -3.64. The van der Waals surface area contributed by atoms with Crippen LogP contribution in [0.2, 0.25) is 5.02 Å². The summed E-state index contributed by atoms with van der Waals surface area (Å²) < 4.78 is 26.9. The first-order valence-corrected chi connectivity index (χ1v) is 8.49. The number of nitrogens with two attached hydrogens (primary N) is 1. The maximum Gasteiger partial charge on any atom is 0.339 e. The molecule has 2 rings (SSSR count). The smallest absolute Gasteiger partial charge is 0.339 e. The molecule has 1 unspecified atom stereocenters. The Balaban J connectivity index is 2.25. The van der Waals surface area contributed by atoms with E-state index in [-0.39, 0.29) is 41.1 Å². The van der Waals surface area contributed by atoms with Gasteiger partial charge in [0, 0.05) is 24.6 Å². The van der Waals surface area contributed by atoms with Gasteiger partial charge in [-0.25, -0.2) is 18.4 Å². The molecular formula is C13H15ClN2O5S. The number of rotatable bonds is 4. The molecule has 1 aromatic carbocycles. The van der Waals surface area contributed by atoms with Crippen molar-refractivity contribution in [3.63, 3.8) is 0 Å². The van der Waals surface area contributed by atoms with Gasteiger partial charge in [0.15, 0.2) is 0 Å². The van der Waals surface area contributed by atoms with Gasteiger partial charge in [-0.05, 0) is 18.2 Å². The van der Waals surface area contributed by atoms with Gasteiger partial charge in [-0.3, -0.25) is 4.79 Å². The molecule has 1 amide bonds. The number of ether oxygens (including phenoxy) is 1. The first-order valence-electron chi connectivity index (χ1n) is 6.40. The van der Waals surface area contributed by atoms with Crippen molar-refractivity contribution in [1.82, 2.24) is 0 Å². The fourth-order valence-corrected chi connectivity index (χ4v) is 3.49. The van der Waals surface area contributed by atoms with Crippen molar-refractivity contribution in [3.05, 3.63) is 28.8 Å². The number of halogens is 1. The molecule has 1 atom stereocenters. The predicted molar refractivity (Wildman–Crippen MR) is 81.2 cm³/mol. The van der Waals surface area contributed by atoms with E-state index < -0.39 is 16.0 Å². The SMILES string of the molecule is COC(=O)c1cc(N2CC(CS(N)(=O)=O)CC2=O)ccc1Cl. The first-order chi connectivity index (χ1) is 10.2.